The van der Waals surface area contributed by atoms with Crippen molar-refractivity contribution in [3.8, 4) is 0 Å². The Hall–Kier alpha value is -2.06. The molecular formula is C17H8Cl2F6O2. The summed E-state index contributed by atoms with van der Waals surface area (Å²) in [6, 6.07) is 0.730. The SMILES string of the molecule is CC(C)(c1cc(F)c(C(=O)Cl)c(F)c1F)c1cc(F)c(C(=O)Cl)c(F)c1F. The van der Waals surface area contributed by atoms with Crippen molar-refractivity contribution in [1.29, 1.82) is 0 Å². The van der Waals surface area contributed by atoms with E-state index in [1.165, 1.54) is 0 Å². The Morgan fingerprint density at radius 1 is 0.704 bits per heavy atom. The van der Waals surface area contributed by atoms with Gasteiger partial charge in [0.2, 0.25) is 0 Å². The minimum atomic E-state index is -2.03. The molecule has 0 amide bonds. The van der Waals surface area contributed by atoms with Crippen molar-refractivity contribution >= 4 is 33.7 Å². The maximum absolute atomic E-state index is 14.4. The van der Waals surface area contributed by atoms with Crippen LogP contribution in [0.25, 0.3) is 0 Å². The first kappa shape index (κ1) is 21.2. The molecule has 2 rings (SSSR count). The summed E-state index contributed by atoms with van der Waals surface area (Å²) in [5.74, 6) is -10.5. The normalized spacial score (nSPS) is 11.6. The fourth-order valence-electron chi connectivity index (χ4n) is 2.61. The van der Waals surface area contributed by atoms with Crippen molar-refractivity contribution in [3.63, 3.8) is 0 Å². The molecule has 0 aromatic heterocycles. The fraction of sp³-hybridized carbons (Fsp3) is 0.176. The van der Waals surface area contributed by atoms with E-state index >= 15 is 0 Å². The van der Waals surface area contributed by atoms with Gasteiger partial charge in [-0.15, -0.1) is 0 Å². The second-order valence-electron chi connectivity index (χ2n) is 5.99. The molecule has 2 aromatic rings. The van der Waals surface area contributed by atoms with E-state index in [0.717, 1.165) is 13.8 Å². The first-order chi connectivity index (χ1) is 12.3. The van der Waals surface area contributed by atoms with Crippen LogP contribution in [0, 0.1) is 34.9 Å². The topological polar surface area (TPSA) is 34.1 Å². The molecule has 0 aliphatic heterocycles. The van der Waals surface area contributed by atoms with Crippen LogP contribution in [0.1, 0.15) is 45.7 Å². The van der Waals surface area contributed by atoms with E-state index in [2.05, 4.69) is 0 Å². The van der Waals surface area contributed by atoms with Crippen molar-refractivity contribution in [2.45, 2.75) is 19.3 Å². The van der Waals surface area contributed by atoms with Crippen molar-refractivity contribution in [3.05, 3.63) is 69.3 Å². The fourth-order valence-corrected chi connectivity index (χ4v) is 2.95. The van der Waals surface area contributed by atoms with Crippen LogP contribution in [-0.4, -0.2) is 10.5 Å². The van der Waals surface area contributed by atoms with Crippen LogP contribution in [0.5, 0.6) is 0 Å². The lowest BCUT2D eigenvalue weighted by atomic mass is 9.76. The molecule has 2 nitrogen and oxygen atoms in total. The molecule has 0 spiro atoms. The number of carbonyl (C=O) groups is 2. The number of hydrogen-bond donors (Lipinski definition) is 0. The van der Waals surface area contributed by atoms with Gasteiger partial charge in [0, 0.05) is 16.5 Å². The van der Waals surface area contributed by atoms with Gasteiger partial charge < -0.3 is 0 Å². The van der Waals surface area contributed by atoms with Gasteiger partial charge in [-0.1, -0.05) is 13.8 Å². The van der Waals surface area contributed by atoms with Crippen LogP contribution in [0.4, 0.5) is 26.3 Å². The van der Waals surface area contributed by atoms with E-state index in [-0.39, 0.29) is 0 Å². The number of hydrogen-bond acceptors (Lipinski definition) is 2. The highest BCUT2D eigenvalue weighted by atomic mass is 35.5. The zero-order valence-corrected chi connectivity index (χ0v) is 15.0. The molecule has 0 heterocycles. The zero-order chi connectivity index (χ0) is 20.8. The van der Waals surface area contributed by atoms with Gasteiger partial charge >= 0.3 is 0 Å². The van der Waals surface area contributed by atoms with Crippen LogP contribution in [0.2, 0.25) is 0 Å². The van der Waals surface area contributed by atoms with Gasteiger partial charge in [-0.05, 0) is 35.3 Å². The lowest BCUT2D eigenvalue weighted by molar-refractivity contribution is 0.106. The summed E-state index contributed by atoms with van der Waals surface area (Å²) in [6.45, 7) is 2.04. The summed E-state index contributed by atoms with van der Waals surface area (Å²) < 4.78 is 84.8. The third-order valence-electron chi connectivity index (χ3n) is 4.06. The summed E-state index contributed by atoms with van der Waals surface area (Å²) in [7, 11) is 0. The molecular weight excluding hydrogens is 421 g/mol. The van der Waals surface area contributed by atoms with Gasteiger partial charge in [-0.2, -0.15) is 0 Å². The summed E-state index contributed by atoms with van der Waals surface area (Å²) in [4.78, 5) is 22.1. The first-order valence-electron chi connectivity index (χ1n) is 7.07. The Morgan fingerprint density at radius 3 is 1.26 bits per heavy atom. The lowest BCUT2D eigenvalue weighted by Gasteiger charge is -2.28. The number of halogens is 8. The average Bonchev–Trinajstić information content (AvgIpc) is 2.53. The van der Waals surface area contributed by atoms with Crippen molar-refractivity contribution in [2.75, 3.05) is 0 Å². The summed E-state index contributed by atoms with van der Waals surface area (Å²) in [5.41, 5.74) is -6.45. The highest BCUT2D eigenvalue weighted by Crippen LogP contribution is 2.39. The molecule has 0 saturated carbocycles. The Balaban J connectivity index is 2.82. The van der Waals surface area contributed by atoms with Gasteiger partial charge in [0.1, 0.15) is 22.8 Å². The predicted octanol–water partition coefficient (Wildman–Crippen LogP) is 5.61. The second kappa shape index (κ2) is 7.16. The molecule has 0 atom stereocenters. The monoisotopic (exact) mass is 428 g/mol. The molecule has 0 fully saturated rings. The third-order valence-corrected chi connectivity index (χ3v) is 4.43. The average molecular weight is 429 g/mol. The Kier molecular flexibility index (Phi) is 5.64. The molecule has 10 heteroatoms. The van der Waals surface area contributed by atoms with Crippen LogP contribution in [0.15, 0.2) is 12.1 Å². The van der Waals surface area contributed by atoms with E-state index in [0.29, 0.717) is 12.1 Å². The summed E-state index contributed by atoms with van der Waals surface area (Å²) in [6.07, 6.45) is 0. The molecule has 0 N–H and O–H groups in total. The Morgan fingerprint density at radius 2 is 1.00 bits per heavy atom. The minimum absolute atomic E-state index is 0.365. The van der Waals surface area contributed by atoms with Gasteiger partial charge in [-0.3, -0.25) is 9.59 Å². The van der Waals surface area contributed by atoms with Gasteiger partial charge in [0.05, 0.1) is 0 Å². The molecule has 0 saturated heterocycles. The maximum atomic E-state index is 14.4. The van der Waals surface area contributed by atoms with Crippen molar-refractivity contribution in [2.24, 2.45) is 0 Å². The number of rotatable bonds is 4. The molecule has 0 bridgehead atoms. The molecule has 2 aromatic carbocycles. The highest BCUT2D eigenvalue weighted by molar-refractivity contribution is 6.68. The Bertz CT molecular complexity index is 911. The van der Waals surface area contributed by atoms with Gasteiger partial charge in [0.25, 0.3) is 10.5 Å². The summed E-state index contributed by atoms with van der Waals surface area (Å²) in [5, 5.41) is -3.22. The standard InChI is InChI=1S/C17H8Cl2F6O2/c1-17(2,5-3-7(20)9(15(18)26)13(24)11(5)22)6-4-8(21)10(16(19)27)14(25)12(6)23/h3-4H,1-2H3. The third kappa shape index (κ3) is 3.43. The number of benzene rings is 2. The molecule has 144 valence electrons. The first-order valence-corrected chi connectivity index (χ1v) is 7.83. The van der Waals surface area contributed by atoms with Crippen LogP contribution in [0.3, 0.4) is 0 Å². The van der Waals surface area contributed by atoms with Crippen LogP contribution < -0.4 is 0 Å². The molecule has 0 radical (unpaired) electrons. The predicted molar refractivity (Wildman–Crippen MR) is 85.1 cm³/mol. The van der Waals surface area contributed by atoms with E-state index in [1.807, 2.05) is 0 Å². The molecule has 0 aliphatic rings. The summed E-state index contributed by atoms with van der Waals surface area (Å²) >= 11 is 9.99. The van der Waals surface area contributed by atoms with Crippen molar-refractivity contribution < 1.29 is 35.9 Å². The molecule has 0 unspecified atom stereocenters. The Labute approximate surface area is 158 Å². The zero-order valence-electron chi connectivity index (χ0n) is 13.5. The van der Waals surface area contributed by atoms with E-state index < -0.39 is 73.1 Å². The quantitative estimate of drug-likeness (QED) is 0.360. The van der Waals surface area contributed by atoms with Crippen molar-refractivity contribution in [1.82, 2.24) is 0 Å². The molecule has 27 heavy (non-hydrogen) atoms. The van der Waals surface area contributed by atoms with Gasteiger partial charge in [0.15, 0.2) is 23.3 Å². The largest absolute Gasteiger partial charge is 0.275 e. The lowest BCUT2D eigenvalue weighted by Crippen LogP contribution is -2.26. The minimum Gasteiger partial charge on any atom is -0.275 e. The smallest absolute Gasteiger partial charge is 0.258 e. The second-order valence-corrected chi connectivity index (χ2v) is 6.68. The van der Waals surface area contributed by atoms with Gasteiger partial charge in [-0.25, -0.2) is 26.3 Å². The number of carbonyl (C=O) groups excluding carboxylic acids is 2. The highest BCUT2D eigenvalue weighted by Gasteiger charge is 2.36. The van der Waals surface area contributed by atoms with Crippen LogP contribution in [-0.2, 0) is 5.41 Å². The van der Waals surface area contributed by atoms with Crippen LogP contribution >= 0.6 is 23.2 Å². The maximum Gasteiger partial charge on any atom is 0.258 e. The van der Waals surface area contributed by atoms with E-state index in [9.17, 15) is 35.9 Å². The van der Waals surface area contributed by atoms with E-state index in [4.69, 9.17) is 23.2 Å². The molecule has 0 aliphatic carbocycles. The van der Waals surface area contributed by atoms with E-state index in [1.54, 1.807) is 0 Å².